The van der Waals surface area contributed by atoms with E-state index in [1.54, 1.807) is 0 Å². The van der Waals surface area contributed by atoms with Gasteiger partial charge >= 0.3 is 0 Å². The summed E-state index contributed by atoms with van der Waals surface area (Å²) in [5, 5.41) is 0. The van der Waals surface area contributed by atoms with Crippen molar-refractivity contribution in [1.29, 1.82) is 0 Å². The highest BCUT2D eigenvalue weighted by molar-refractivity contribution is 5.83. The minimum absolute atomic E-state index is 0.439. The van der Waals surface area contributed by atoms with Gasteiger partial charge in [-0.2, -0.15) is 0 Å². The van der Waals surface area contributed by atoms with E-state index in [1.807, 2.05) is 0 Å². The molecule has 1 heterocycles. The van der Waals surface area contributed by atoms with Crippen LogP contribution in [0.25, 0.3) is 0 Å². The largest absolute Gasteiger partial charge is 0.358 e. The van der Waals surface area contributed by atoms with Crippen molar-refractivity contribution in [2.75, 3.05) is 6.54 Å². The summed E-state index contributed by atoms with van der Waals surface area (Å²) in [4.78, 5) is 7.13. The average molecular weight is 182 g/mol. The quantitative estimate of drug-likeness (QED) is 0.641. The van der Waals surface area contributed by atoms with Crippen molar-refractivity contribution in [2.24, 2.45) is 4.99 Å². The van der Waals surface area contributed by atoms with Gasteiger partial charge in [-0.3, -0.25) is 4.99 Å². The molecule has 13 heavy (non-hydrogen) atoms. The van der Waals surface area contributed by atoms with E-state index >= 15 is 0 Å². The summed E-state index contributed by atoms with van der Waals surface area (Å²) >= 11 is 0. The van der Waals surface area contributed by atoms with Gasteiger partial charge in [0.2, 0.25) is 0 Å². The number of amidine groups is 1. The van der Waals surface area contributed by atoms with Crippen LogP contribution in [0.3, 0.4) is 0 Å². The Morgan fingerprint density at radius 2 is 1.85 bits per heavy atom. The molecule has 0 N–H and O–H groups in total. The zero-order chi connectivity index (χ0) is 9.84. The molecule has 0 saturated carbocycles. The van der Waals surface area contributed by atoms with Crippen LogP contribution < -0.4 is 0 Å². The maximum Gasteiger partial charge on any atom is 0.0994 e. The molecule has 1 rings (SSSR count). The van der Waals surface area contributed by atoms with Gasteiger partial charge in [0.05, 0.1) is 5.84 Å². The second-order valence-corrected chi connectivity index (χ2v) is 4.38. The lowest BCUT2D eigenvalue weighted by Crippen LogP contribution is -2.40. The molecule has 0 aromatic carbocycles. The first kappa shape index (κ1) is 10.6. The van der Waals surface area contributed by atoms with Crippen LogP contribution in [0.15, 0.2) is 4.99 Å². The van der Waals surface area contributed by atoms with Crippen molar-refractivity contribution in [3.05, 3.63) is 0 Å². The lowest BCUT2D eigenvalue weighted by atomic mass is 10.1. The number of rotatable bonds is 2. The summed E-state index contributed by atoms with van der Waals surface area (Å²) in [5.41, 5.74) is 0. The summed E-state index contributed by atoms with van der Waals surface area (Å²) < 4.78 is 0. The fourth-order valence-corrected chi connectivity index (χ4v) is 1.83. The predicted molar refractivity (Wildman–Crippen MR) is 58.3 cm³/mol. The first-order valence-corrected chi connectivity index (χ1v) is 5.44. The van der Waals surface area contributed by atoms with Crippen LogP contribution in [-0.2, 0) is 0 Å². The highest BCUT2D eigenvalue weighted by atomic mass is 15.2. The van der Waals surface area contributed by atoms with E-state index in [-0.39, 0.29) is 0 Å². The molecule has 2 nitrogen and oxygen atoms in total. The van der Waals surface area contributed by atoms with Crippen LogP contribution in [0, 0.1) is 0 Å². The standard InChI is InChI=1S/C11H22N2/c1-9(2)12-11-7-5-6-8-13(11)10(3)4/h9-10H,5-8H2,1-4H3. The van der Waals surface area contributed by atoms with Crippen molar-refractivity contribution >= 4 is 5.84 Å². The fraction of sp³-hybridized carbons (Fsp3) is 0.909. The summed E-state index contributed by atoms with van der Waals surface area (Å²) in [6, 6.07) is 1.05. The van der Waals surface area contributed by atoms with Crippen LogP contribution in [0.4, 0.5) is 0 Å². The third-order valence-electron chi connectivity index (χ3n) is 2.41. The SMILES string of the molecule is CC(C)N=C1CCCCN1C(C)C. The van der Waals surface area contributed by atoms with Gasteiger partial charge in [-0.05, 0) is 40.5 Å². The van der Waals surface area contributed by atoms with Crippen molar-refractivity contribution in [1.82, 2.24) is 4.90 Å². The minimum atomic E-state index is 0.439. The normalized spacial score (nSPS) is 22.0. The summed E-state index contributed by atoms with van der Waals surface area (Å²) in [6.07, 6.45) is 3.82. The zero-order valence-electron chi connectivity index (χ0n) is 9.38. The van der Waals surface area contributed by atoms with Crippen LogP contribution in [0.5, 0.6) is 0 Å². The summed E-state index contributed by atoms with van der Waals surface area (Å²) in [6.45, 7) is 10.0. The molecule has 1 aliphatic rings. The lowest BCUT2D eigenvalue weighted by Gasteiger charge is -2.34. The Balaban J connectivity index is 2.67. The van der Waals surface area contributed by atoms with Crippen LogP contribution in [0.2, 0.25) is 0 Å². The minimum Gasteiger partial charge on any atom is -0.358 e. The van der Waals surface area contributed by atoms with Gasteiger partial charge in [0.15, 0.2) is 0 Å². The highest BCUT2D eigenvalue weighted by Gasteiger charge is 2.18. The molecule has 76 valence electrons. The number of piperidine rings is 1. The predicted octanol–water partition coefficient (Wildman–Crippen LogP) is 2.69. The first-order chi connectivity index (χ1) is 6.11. The van der Waals surface area contributed by atoms with Gasteiger partial charge in [-0.1, -0.05) is 0 Å². The van der Waals surface area contributed by atoms with E-state index < -0.39 is 0 Å². The molecule has 0 radical (unpaired) electrons. The second kappa shape index (κ2) is 4.64. The molecule has 0 aromatic heterocycles. The molecule has 1 saturated heterocycles. The Morgan fingerprint density at radius 3 is 2.38 bits per heavy atom. The smallest absolute Gasteiger partial charge is 0.0994 e. The highest BCUT2D eigenvalue weighted by Crippen LogP contribution is 2.15. The molecular weight excluding hydrogens is 160 g/mol. The van der Waals surface area contributed by atoms with Crippen molar-refractivity contribution in [2.45, 2.75) is 59.0 Å². The third-order valence-corrected chi connectivity index (χ3v) is 2.41. The van der Waals surface area contributed by atoms with E-state index in [0.717, 1.165) is 0 Å². The molecule has 0 unspecified atom stereocenters. The van der Waals surface area contributed by atoms with Gasteiger partial charge in [-0.15, -0.1) is 0 Å². The molecular formula is C11H22N2. The van der Waals surface area contributed by atoms with E-state index in [0.29, 0.717) is 12.1 Å². The van der Waals surface area contributed by atoms with Crippen molar-refractivity contribution in [3.8, 4) is 0 Å². The Bertz CT molecular complexity index is 183. The Morgan fingerprint density at radius 1 is 1.15 bits per heavy atom. The molecule has 0 bridgehead atoms. The molecule has 0 atom stereocenters. The van der Waals surface area contributed by atoms with Crippen molar-refractivity contribution < 1.29 is 0 Å². The zero-order valence-corrected chi connectivity index (χ0v) is 9.38. The van der Waals surface area contributed by atoms with E-state index in [4.69, 9.17) is 0 Å². The lowest BCUT2D eigenvalue weighted by molar-refractivity contribution is 0.311. The number of hydrogen-bond acceptors (Lipinski definition) is 1. The van der Waals surface area contributed by atoms with Gasteiger partial charge in [0, 0.05) is 25.0 Å². The Hall–Kier alpha value is -0.530. The third kappa shape index (κ3) is 3.02. The number of hydrogen-bond donors (Lipinski definition) is 0. The monoisotopic (exact) mass is 182 g/mol. The van der Waals surface area contributed by atoms with E-state index in [1.165, 1.54) is 31.6 Å². The Kier molecular flexibility index (Phi) is 3.76. The van der Waals surface area contributed by atoms with Crippen LogP contribution in [0.1, 0.15) is 47.0 Å². The van der Waals surface area contributed by atoms with Gasteiger partial charge < -0.3 is 4.90 Å². The summed E-state index contributed by atoms with van der Waals surface area (Å²) in [7, 11) is 0. The average Bonchev–Trinajstić information content (AvgIpc) is 2.03. The topological polar surface area (TPSA) is 15.6 Å². The Labute approximate surface area is 82.0 Å². The maximum atomic E-state index is 4.68. The van der Waals surface area contributed by atoms with E-state index in [9.17, 15) is 0 Å². The summed E-state index contributed by atoms with van der Waals surface area (Å²) in [5.74, 6) is 1.33. The van der Waals surface area contributed by atoms with E-state index in [2.05, 4.69) is 37.6 Å². The molecule has 0 aromatic rings. The molecule has 0 amide bonds. The fourth-order valence-electron chi connectivity index (χ4n) is 1.83. The number of aliphatic imine (C=N–C) groups is 1. The van der Waals surface area contributed by atoms with Crippen LogP contribution in [-0.4, -0.2) is 29.4 Å². The molecule has 0 aliphatic carbocycles. The molecule has 1 aliphatic heterocycles. The maximum absolute atomic E-state index is 4.68. The van der Waals surface area contributed by atoms with Gasteiger partial charge in [0.1, 0.15) is 0 Å². The second-order valence-electron chi connectivity index (χ2n) is 4.38. The van der Waals surface area contributed by atoms with Crippen LogP contribution >= 0.6 is 0 Å². The van der Waals surface area contributed by atoms with Gasteiger partial charge in [0.25, 0.3) is 0 Å². The molecule has 0 spiro atoms. The van der Waals surface area contributed by atoms with Gasteiger partial charge in [-0.25, -0.2) is 0 Å². The number of nitrogens with zero attached hydrogens (tertiary/aromatic N) is 2. The number of likely N-dealkylation sites (tertiary alicyclic amines) is 1. The molecule has 2 heteroatoms. The first-order valence-electron chi connectivity index (χ1n) is 5.44. The molecule has 1 fully saturated rings. The van der Waals surface area contributed by atoms with Crippen molar-refractivity contribution in [3.63, 3.8) is 0 Å².